The Morgan fingerprint density at radius 1 is 1.05 bits per heavy atom. The van der Waals surface area contributed by atoms with Crippen molar-refractivity contribution in [2.75, 3.05) is 5.32 Å². The number of halogens is 1. The van der Waals surface area contributed by atoms with Crippen LogP contribution < -0.4 is 5.32 Å². The molecule has 21 heavy (non-hydrogen) atoms. The summed E-state index contributed by atoms with van der Waals surface area (Å²) < 4.78 is 2.77. The molecule has 3 aromatic rings. The van der Waals surface area contributed by atoms with Crippen molar-refractivity contribution in [1.29, 1.82) is 0 Å². The molecule has 0 radical (unpaired) electrons. The molecule has 1 N–H and O–H groups in total. The van der Waals surface area contributed by atoms with Crippen LogP contribution in [0.25, 0.3) is 0 Å². The molecule has 0 saturated carbocycles. The summed E-state index contributed by atoms with van der Waals surface area (Å²) >= 11 is 3.41. The number of benzene rings is 1. The van der Waals surface area contributed by atoms with Gasteiger partial charge in [0, 0.05) is 17.2 Å². The quantitative estimate of drug-likeness (QED) is 0.773. The van der Waals surface area contributed by atoms with E-state index < -0.39 is 0 Å². The molecule has 0 aliphatic rings. The third kappa shape index (κ3) is 3.88. The maximum Gasteiger partial charge on any atom is 0.137 e. The minimum Gasteiger partial charge on any atom is -0.380 e. The zero-order valence-corrected chi connectivity index (χ0v) is 12.9. The highest BCUT2D eigenvalue weighted by atomic mass is 79.9. The molecule has 2 heterocycles. The maximum atomic E-state index is 4.13. The molecule has 0 atom stereocenters. The van der Waals surface area contributed by atoms with Crippen LogP contribution in [-0.2, 0) is 13.1 Å². The van der Waals surface area contributed by atoms with Crippen LogP contribution in [0.5, 0.6) is 0 Å². The highest BCUT2D eigenvalue weighted by Gasteiger charge is 1.98. The SMILES string of the molecule is Brc1cncc(NCc2ccc(Cn3cncn3)cc2)c1. The van der Waals surface area contributed by atoms with Gasteiger partial charge >= 0.3 is 0 Å². The molecule has 2 aromatic heterocycles. The molecule has 0 unspecified atom stereocenters. The van der Waals surface area contributed by atoms with Crippen LogP contribution in [0.15, 0.2) is 59.9 Å². The lowest BCUT2D eigenvalue weighted by molar-refractivity contribution is 0.684. The number of hydrogen-bond acceptors (Lipinski definition) is 4. The Morgan fingerprint density at radius 3 is 2.57 bits per heavy atom. The van der Waals surface area contributed by atoms with Gasteiger partial charge in [0.25, 0.3) is 0 Å². The number of nitrogens with zero attached hydrogens (tertiary/aromatic N) is 4. The number of nitrogens with one attached hydrogen (secondary N) is 1. The van der Waals surface area contributed by atoms with E-state index in [1.807, 2.05) is 12.3 Å². The molecular formula is C15H14BrN5. The molecule has 0 aliphatic carbocycles. The predicted octanol–water partition coefficient (Wildman–Crippen LogP) is 3.10. The zero-order valence-electron chi connectivity index (χ0n) is 11.3. The van der Waals surface area contributed by atoms with Gasteiger partial charge in [-0.3, -0.25) is 4.98 Å². The van der Waals surface area contributed by atoms with Gasteiger partial charge < -0.3 is 5.32 Å². The molecule has 5 nitrogen and oxygen atoms in total. The van der Waals surface area contributed by atoms with Gasteiger partial charge in [0.05, 0.1) is 18.4 Å². The lowest BCUT2D eigenvalue weighted by Crippen LogP contribution is -2.02. The summed E-state index contributed by atoms with van der Waals surface area (Å²) in [6.45, 7) is 1.50. The first-order valence-corrected chi connectivity index (χ1v) is 7.33. The Bertz CT molecular complexity index is 694. The van der Waals surface area contributed by atoms with Crippen LogP contribution in [0.2, 0.25) is 0 Å². The molecule has 106 valence electrons. The first-order valence-electron chi connectivity index (χ1n) is 6.54. The average Bonchev–Trinajstić information content (AvgIpc) is 3.00. The number of pyridine rings is 1. The highest BCUT2D eigenvalue weighted by Crippen LogP contribution is 2.15. The molecule has 0 bridgehead atoms. The standard InChI is InChI=1S/C15H14BrN5/c16-14-5-15(8-17-7-14)19-6-12-1-3-13(4-2-12)9-21-11-18-10-20-21/h1-5,7-8,10-11,19H,6,9H2. The van der Waals surface area contributed by atoms with Crippen molar-refractivity contribution in [3.63, 3.8) is 0 Å². The summed E-state index contributed by atoms with van der Waals surface area (Å²) in [5, 5.41) is 7.45. The van der Waals surface area contributed by atoms with Gasteiger partial charge in [-0.05, 0) is 33.1 Å². The Morgan fingerprint density at radius 2 is 1.86 bits per heavy atom. The maximum absolute atomic E-state index is 4.13. The predicted molar refractivity (Wildman–Crippen MR) is 84.8 cm³/mol. The number of hydrogen-bond donors (Lipinski definition) is 1. The van der Waals surface area contributed by atoms with Crippen molar-refractivity contribution in [2.24, 2.45) is 0 Å². The van der Waals surface area contributed by atoms with E-state index in [9.17, 15) is 0 Å². The third-order valence-electron chi connectivity index (χ3n) is 3.04. The molecule has 0 amide bonds. The largest absolute Gasteiger partial charge is 0.380 e. The van der Waals surface area contributed by atoms with E-state index in [-0.39, 0.29) is 0 Å². The fourth-order valence-electron chi connectivity index (χ4n) is 1.98. The van der Waals surface area contributed by atoms with Gasteiger partial charge in [-0.1, -0.05) is 24.3 Å². The highest BCUT2D eigenvalue weighted by molar-refractivity contribution is 9.10. The molecule has 1 aromatic carbocycles. The molecule has 0 saturated heterocycles. The van der Waals surface area contributed by atoms with E-state index in [4.69, 9.17) is 0 Å². The molecule has 3 rings (SSSR count). The van der Waals surface area contributed by atoms with Crippen LogP contribution in [0, 0.1) is 0 Å². The number of rotatable bonds is 5. The van der Waals surface area contributed by atoms with Crippen LogP contribution in [0.4, 0.5) is 5.69 Å². The lowest BCUT2D eigenvalue weighted by atomic mass is 10.1. The number of anilines is 1. The molecule has 0 fully saturated rings. The van der Waals surface area contributed by atoms with Crippen molar-refractivity contribution in [2.45, 2.75) is 13.1 Å². The van der Waals surface area contributed by atoms with E-state index in [0.29, 0.717) is 0 Å². The van der Waals surface area contributed by atoms with E-state index in [1.165, 1.54) is 11.1 Å². The average molecular weight is 344 g/mol. The first kappa shape index (κ1) is 13.8. The van der Waals surface area contributed by atoms with E-state index >= 15 is 0 Å². The number of aromatic nitrogens is 4. The summed E-state index contributed by atoms with van der Waals surface area (Å²) in [6.07, 6.45) is 6.84. The van der Waals surface area contributed by atoms with Crippen LogP contribution >= 0.6 is 15.9 Å². The summed E-state index contributed by atoms with van der Waals surface area (Å²) in [7, 11) is 0. The van der Waals surface area contributed by atoms with Crippen molar-refractivity contribution >= 4 is 21.6 Å². The fraction of sp³-hybridized carbons (Fsp3) is 0.133. The second kappa shape index (κ2) is 6.49. The zero-order chi connectivity index (χ0) is 14.5. The van der Waals surface area contributed by atoms with Gasteiger partial charge in [0.2, 0.25) is 0 Å². The second-order valence-electron chi connectivity index (χ2n) is 4.65. The van der Waals surface area contributed by atoms with Crippen LogP contribution in [0.3, 0.4) is 0 Å². The van der Waals surface area contributed by atoms with Crippen molar-refractivity contribution in [3.05, 3.63) is 71.0 Å². The molecule has 6 heteroatoms. The van der Waals surface area contributed by atoms with Gasteiger partial charge in [-0.15, -0.1) is 0 Å². The van der Waals surface area contributed by atoms with Gasteiger partial charge in [-0.25, -0.2) is 9.67 Å². The summed E-state index contributed by atoms with van der Waals surface area (Å²) in [5.74, 6) is 0. The van der Waals surface area contributed by atoms with Crippen molar-refractivity contribution < 1.29 is 0 Å². The third-order valence-corrected chi connectivity index (χ3v) is 3.47. The Hall–Kier alpha value is -2.21. The van der Waals surface area contributed by atoms with Crippen LogP contribution in [0.1, 0.15) is 11.1 Å². The Balaban J connectivity index is 1.59. The summed E-state index contributed by atoms with van der Waals surface area (Å²) in [4.78, 5) is 8.07. The minimum atomic E-state index is 0.739. The van der Waals surface area contributed by atoms with Gasteiger partial charge in [0.15, 0.2) is 0 Å². The monoisotopic (exact) mass is 343 g/mol. The second-order valence-corrected chi connectivity index (χ2v) is 5.57. The van der Waals surface area contributed by atoms with E-state index in [2.05, 4.69) is 60.6 Å². The normalized spacial score (nSPS) is 10.5. The van der Waals surface area contributed by atoms with E-state index in [1.54, 1.807) is 23.5 Å². The van der Waals surface area contributed by atoms with Crippen LogP contribution in [-0.4, -0.2) is 19.7 Å². The summed E-state index contributed by atoms with van der Waals surface area (Å²) in [5.41, 5.74) is 3.42. The van der Waals surface area contributed by atoms with Gasteiger partial charge in [-0.2, -0.15) is 5.10 Å². The fourth-order valence-corrected chi connectivity index (χ4v) is 2.34. The first-order chi connectivity index (χ1) is 10.3. The summed E-state index contributed by atoms with van der Waals surface area (Å²) in [6, 6.07) is 10.5. The van der Waals surface area contributed by atoms with Crippen molar-refractivity contribution in [1.82, 2.24) is 19.7 Å². The van der Waals surface area contributed by atoms with Gasteiger partial charge in [0.1, 0.15) is 12.7 Å². The topological polar surface area (TPSA) is 55.6 Å². The smallest absolute Gasteiger partial charge is 0.137 e. The molecule has 0 spiro atoms. The van der Waals surface area contributed by atoms with Crippen molar-refractivity contribution in [3.8, 4) is 0 Å². The lowest BCUT2D eigenvalue weighted by Gasteiger charge is -2.07. The molecular weight excluding hydrogens is 330 g/mol. The van der Waals surface area contributed by atoms with E-state index in [0.717, 1.165) is 23.2 Å². The molecule has 0 aliphatic heterocycles. The Kier molecular flexibility index (Phi) is 4.25. The minimum absolute atomic E-state index is 0.739. The Labute approximate surface area is 131 Å².